The number of ether oxygens (including phenoxy) is 1. The van der Waals surface area contributed by atoms with E-state index in [-0.39, 0.29) is 0 Å². The zero-order valence-electron chi connectivity index (χ0n) is 9.77. The fraction of sp³-hybridized carbons (Fsp3) is 0.538. The first-order chi connectivity index (χ1) is 7.81. The Morgan fingerprint density at radius 2 is 2.31 bits per heavy atom. The predicted octanol–water partition coefficient (Wildman–Crippen LogP) is 2.79. The van der Waals surface area contributed by atoms with Crippen LogP contribution in [0, 0.1) is 5.92 Å². The van der Waals surface area contributed by atoms with Crippen LogP contribution in [-0.2, 0) is 0 Å². The molecule has 2 aliphatic heterocycles. The summed E-state index contributed by atoms with van der Waals surface area (Å²) in [6, 6.07) is 7.07. The SMILES string of the molecule is COc1cccc2c1SC[C@@H]1CCN(C)[C@H]21. The second kappa shape index (κ2) is 3.97. The molecule has 3 rings (SSSR count). The van der Waals surface area contributed by atoms with E-state index >= 15 is 0 Å². The standard InChI is InChI=1S/C13H17NOS/c1-14-7-6-9-8-16-13-10(12(9)14)4-3-5-11(13)15-2/h3-5,9,12H,6-8H2,1-2H3/t9-,12-/m0/s1. The maximum absolute atomic E-state index is 5.46. The Labute approximate surface area is 101 Å². The summed E-state index contributed by atoms with van der Waals surface area (Å²) >= 11 is 1.97. The summed E-state index contributed by atoms with van der Waals surface area (Å²) in [6.45, 7) is 1.23. The largest absolute Gasteiger partial charge is 0.496 e. The van der Waals surface area contributed by atoms with Gasteiger partial charge in [0.2, 0.25) is 0 Å². The van der Waals surface area contributed by atoms with E-state index in [1.165, 1.54) is 29.2 Å². The molecule has 0 spiro atoms. The van der Waals surface area contributed by atoms with Crippen molar-refractivity contribution in [2.24, 2.45) is 5.92 Å². The van der Waals surface area contributed by atoms with Crippen molar-refractivity contribution >= 4 is 11.8 Å². The Morgan fingerprint density at radius 1 is 1.44 bits per heavy atom. The number of hydrogen-bond acceptors (Lipinski definition) is 3. The van der Waals surface area contributed by atoms with Crippen LogP contribution in [0.15, 0.2) is 23.1 Å². The van der Waals surface area contributed by atoms with Crippen LogP contribution in [0.2, 0.25) is 0 Å². The Morgan fingerprint density at radius 3 is 3.12 bits per heavy atom. The molecule has 16 heavy (non-hydrogen) atoms. The average molecular weight is 235 g/mol. The minimum Gasteiger partial charge on any atom is -0.496 e. The summed E-state index contributed by atoms with van der Waals surface area (Å²) in [5.41, 5.74) is 1.47. The lowest BCUT2D eigenvalue weighted by Crippen LogP contribution is -2.25. The third-order valence-corrected chi connectivity index (χ3v) is 5.08. The third kappa shape index (κ3) is 1.45. The van der Waals surface area contributed by atoms with Gasteiger partial charge in [-0.1, -0.05) is 12.1 Å². The number of benzene rings is 1. The van der Waals surface area contributed by atoms with E-state index in [0.717, 1.165) is 11.7 Å². The van der Waals surface area contributed by atoms with Gasteiger partial charge in [-0.15, -0.1) is 11.8 Å². The molecular formula is C13H17NOS. The van der Waals surface area contributed by atoms with Gasteiger partial charge >= 0.3 is 0 Å². The van der Waals surface area contributed by atoms with E-state index in [4.69, 9.17) is 4.74 Å². The molecule has 0 saturated carbocycles. The molecule has 2 aliphatic rings. The van der Waals surface area contributed by atoms with Crippen molar-refractivity contribution in [3.05, 3.63) is 23.8 Å². The molecular weight excluding hydrogens is 218 g/mol. The zero-order chi connectivity index (χ0) is 11.1. The summed E-state index contributed by atoms with van der Waals surface area (Å²) in [5, 5.41) is 0. The average Bonchev–Trinajstić information content (AvgIpc) is 2.70. The van der Waals surface area contributed by atoms with Crippen molar-refractivity contribution in [2.45, 2.75) is 17.4 Å². The van der Waals surface area contributed by atoms with Gasteiger partial charge in [-0.3, -0.25) is 4.90 Å². The van der Waals surface area contributed by atoms with Gasteiger partial charge in [0.15, 0.2) is 0 Å². The van der Waals surface area contributed by atoms with Crippen LogP contribution < -0.4 is 4.74 Å². The normalized spacial score (nSPS) is 28.6. The molecule has 0 N–H and O–H groups in total. The number of likely N-dealkylation sites (tertiary alicyclic amines) is 1. The Balaban J connectivity index is 2.08. The third-order valence-electron chi connectivity index (χ3n) is 3.76. The Bertz CT molecular complexity index is 407. The highest BCUT2D eigenvalue weighted by molar-refractivity contribution is 7.99. The molecule has 0 bridgehead atoms. The summed E-state index contributed by atoms with van der Waals surface area (Å²) in [5.74, 6) is 3.11. The smallest absolute Gasteiger partial charge is 0.132 e. The molecule has 1 aromatic rings. The van der Waals surface area contributed by atoms with E-state index in [9.17, 15) is 0 Å². The van der Waals surface area contributed by atoms with Crippen molar-refractivity contribution < 1.29 is 4.74 Å². The molecule has 1 aromatic carbocycles. The molecule has 1 saturated heterocycles. The second-order valence-corrected chi connectivity index (χ2v) is 5.69. The fourth-order valence-electron chi connectivity index (χ4n) is 2.96. The van der Waals surface area contributed by atoms with Crippen molar-refractivity contribution in [3.8, 4) is 5.75 Å². The summed E-state index contributed by atoms with van der Waals surface area (Å²) in [7, 11) is 4.00. The van der Waals surface area contributed by atoms with Gasteiger partial charge in [0.25, 0.3) is 0 Å². The number of thioether (sulfide) groups is 1. The zero-order valence-corrected chi connectivity index (χ0v) is 10.6. The molecule has 0 unspecified atom stereocenters. The lowest BCUT2D eigenvalue weighted by atomic mass is 9.94. The number of methoxy groups -OCH3 is 1. The molecule has 0 aromatic heterocycles. The van der Waals surface area contributed by atoms with Gasteiger partial charge < -0.3 is 4.74 Å². The second-order valence-electron chi connectivity index (χ2n) is 4.66. The van der Waals surface area contributed by atoms with Crippen LogP contribution in [0.1, 0.15) is 18.0 Å². The highest BCUT2D eigenvalue weighted by Gasteiger charge is 2.38. The van der Waals surface area contributed by atoms with Crippen LogP contribution in [0.25, 0.3) is 0 Å². The number of rotatable bonds is 1. The molecule has 0 amide bonds. The maximum atomic E-state index is 5.46. The van der Waals surface area contributed by atoms with E-state index in [0.29, 0.717) is 6.04 Å². The van der Waals surface area contributed by atoms with Crippen molar-refractivity contribution in [1.82, 2.24) is 4.90 Å². The molecule has 2 heterocycles. The van der Waals surface area contributed by atoms with E-state index in [1.54, 1.807) is 7.11 Å². The van der Waals surface area contributed by atoms with Gasteiger partial charge in [-0.25, -0.2) is 0 Å². The van der Waals surface area contributed by atoms with E-state index in [2.05, 4.69) is 30.1 Å². The van der Waals surface area contributed by atoms with E-state index in [1.807, 2.05) is 11.8 Å². The first kappa shape index (κ1) is 10.5. The van der Waals surface area contributed by atoms with Crippen LogP contribution >= 0.6 is 11.8 Å². The molecule has 3 heteroatoms. The molecule has 0 radical (unpaired) electrons. The minimum atomic E-state index is 0.617. The lowest BCUT2D eigenvalue weighted by Gasteiger charge is -2.32. The van der Waals surface area contributed by atoms with Crippen LogP contribution in [0.5, 0.6) is 5.75 Å². The number of hydrogen-bond donors (Lipinski definition) is 0. The summed E-state index contributed by atoms with van der Waals surface area (Å²) in [6.07, 6.45) is 1.34. The maximum Gasteiger partial charge on any atom is 0.132 e. The Hall–Kier alpha value is -0.670. The monoisotopic (exact) mass is 235 g/mol. The molecule has 2 nitrogen and oxygen atoms in total. The summed E-state index contributed by atoms with van der Waals surface area (Å²) in [4.78, 5) is 3.85. The highest BCUT2D eigenvalue weighted by atomic mass is 32.2. The lowest BCUT2D eigenvalue weighted by molar-refractivity contribution is 0.278. The van der Waals surface area contributed by atoms with Crippen molar-refractivity contribution in [1.29, 1.82) is 0 Å². The number of nitrogens with zero attached hydrogens (tertiary/aromatic N) is 1. The van der Waals surface area contributed by atoms with Gasteiger partial charge in [0.1, 0.15) is 5.75 Å². The fourth-order valence-corrected chi connectivity index (χ4v) is 4.34. The highest BCUT2D eigenvalue weighted by Crippen LogP contribution is 2.49. The molecule has 1 fully saturated rings. The van der Waals surface area contributed by atoms with Gasteiger partial charge in [0.05, 0.1) is 12.0 Å². The first-order valence-corrected chi connectivity index (χ1v) is 6.79. The van der Waals surface area contributed by atoms with Crippen LogP contribution in [-0.4, -0.2) is 31.4 Å². The Kier molecular flexibility index (Phi) is 2.60. The number of fused-ring (bicyclic) bond motifs is 3. The quantitative estimate of drug-likeness (QED) is 0.742. The molecule has 0 aliphatic carbocycles. The molecule has 86 valence electrons. The van der Waals surface area contributed by atoms with Crippen molar-refractivity contribution in [3.63, 3.8) is 0 Å². The van der Waals surface area contributed by atoms with Crippen molar-refractivity contribution in [2.75, 3.05) is 26.5 Å². The van der Waals surface area contributed by atoms with Crippen LogP contribution in [0.4, 0.5) is 0 Å². The first-order valence-electron chi connectivity index (χ1n) is 5.81. The molecule has 2 atom stereocenters. The van der Waals surface area contributed by atoms with Crippen LogP contribution in [0.3, 0.4) is 0 Å². The van der Waals surface area contributed by atoms with Gasteiger partial charge in [-0.2, -0.15) is 0 Å². The summed E-state index contributed by atoms with van der Waals surface area (Å²) < 4.78 is 5.46. The van der Waals surface area contributed by atoms with Gasteiger partial charge in [-0.05, 0) is 37.6 Å². The topological polar surface area (TPSA) is 12.5 Å². The predicted molar refractivity (Wildman–Crippen MR) is 67.2 cm³/mol. The minimum absolute atomic E-state index is 0.617. The van der Waals surface area contributed by atoms with E-state index < -0.39 is 0 Å². The van der Waals surface area contributed by atoms with Gasteiger partial charge in [0, 0.05) is 11.8 Å².